The Hall–Kier alpha value is -1.93. The van der Waals surface area contributed by atoms with Crippen LogP contribution in [0.2, 0.25) is 5.02 Å². The van der Waals surface area contributed by atoms with Crippen LogP contribution in [0.15, 0.2) is 16.6 Å². The second-order valence-corrected chi connectivity index (χ2v) is 9.39. The van der Waals surface area contributed by atoms with Crippen molar-refractivity contribution in [2.75, 3.05) is 24.5 Å². The zero-order valence-electron chi connectivity index (χ0n) is 17.1. The fraction of sp³-hybridized carbons (Fsp3) is 0.500. The Morgan fingerprint density at radius 3 is 2.55 bits per heavy atom. The lowest BCUT2D eigenvalue weighted by Crippen LogP contribution is -2.58. The zero-order chi connectivity index (χ0) is 21.5. The maximum atomic E-state index is 12.6. The number of halogens is 2. The first-order chi connectivity index (χ1) is 13.5. The largest absolute Gasteiger partial charge is 0.444 e. The summed E-state index contributed by atoms with van der Waals surface area (Å²) in [6.45, 7) is 9.95. The van der Waals surface area contributed by atoms with Crippen molar-refractivity contribution >= 4 is 56.1 Å². The zero-order valence-corrected chi connectivity index (χ0v) is 19.5. The molecule has 1 fully saturated rings. The fourth-order valence-electron chi connectivity index (χ4n) is 3.32. The van der Waals surface area contributed by atoms with Gasteiger partial charge < -0.3 is 9.64 Å². The van der Waals surface area contributed by atoms with E-state index in [0.717, 1.165) is 21.2 Å². The molecule has 1 aliphatic rings. The standard InChI is InChI=1S/C20H24BrClN4O3/c1-11(27)17-10-25(6-7-26(17)19(28)29-20(3,4)5)18-13-8-14(21)15(22)9-16(13)23-12(2)24-18/h8-9,17H,6-7,10H2,1-5H3. The number of nitrogens with zero attached hydrogens (tertiary/aromatic N) is 4. The molecule has 1 aliphatic heterocycles. The summed E-state index contributed by atoms with van der Waals surface area (Å²) in [4.78, 5) is 37.6. The quantitative estimate of drug-likeness (QED) is 0.631. The van der Waals surface area contributed by atoms with E-state index in [1.165, 1.54) is 11.8 Å². The van der Waals surface area contributed by atoms with E-state index in [4.69, 9.17) is 16.3 Å². The van der Waals surface area contributed by atoms with Gasteiger partial charge in [0.1, 0.15) is 23.3 Å². The van der Waals surface area contributed by atoms with E-state index in [1.54, 1.807) is 6.07 Å². The number of benzene rings is 1. The molecule has 1 unspecified atom stereocenters. The Kier molecular flexibility index (Phi) is 6.06. The number of carbonyl (C=O) groups excluding carboxylic acids is 2. The van der Waals surface area contributed by atoms with E-state index >= 15 is 0 Å². The minimum atomic E-state index is -0.624. The van der Waals surface area contributed by atoms with Gasteiger partial charge in [-0.05, 0) is 62.7 Å². The summed E-state index contributed by atoms with van der Waals surface area (Å²) in [6.07, 6.45) is -0.476. The van der Waals surface area contributed by atoms with E-state index in [2.05, 4.69) is 25.9 Å². The summed E-state index contributed by atoms with van der Waals surface area (Å²) >= 11 is 9.68. The van der Waals surface area contributed by atoms with Crippen molar-refractivity contribution in [3.05, 3.63) is 27.5 Å². The minimum absolute atomic E-state index is 0.0973. The van der Waals surface area contributed by atoms with Crippen LogP contribution in [-0.2, 0) is 9.53 Å². The summed E-state index contributed by atoms with van der Waals surface area (Å²) in [5.74, 6) is 1.24. The van der Waals surface area contributed by atoms with Crippen LogP contribution >= 0.6 is 27.5 Å². The molecule has 0 bridgehead atoms. The summed E-state index contributed by atoms with van der Waals surface area (Å²) in [5.41, 5.74) is 0.107. The third kappa shape index (κ3) is 4.80. The SMILES string of the molecule is CC(=O)C1CN(c2nc(C)nc3cc(Cl)c(Br)cc23)CCN1C(=O)OC(C)(C)C. The van der Waals surface area contributed by atoms with Gasteiger partial charge in [0, 0.05) is 29.5 Å². The molecular weight excluding hydrogens is 460 g/mol. The highest BCUT2D eigenvalue weighted by Gasteiger charge is 2.36. The highest BCUT2D eigenvalue weighted by atomic mass is 79.9. The fourth-order valence-corrected chi connectivity index (χ4v) is 3.83. The summed E-state index contributed by atoms with van der Waals surface area (Å²) < 4.78 is 6.23. The minimum Gasteiger partial charge on any atom is -0.444 e. The van der Waals surface area contributed by atoms with Crippen molar-refractivity contribution in [1.82, 2.24) is 14.9 Å². The first-order valence-corrected chi connectivity index (χ1v) is 10.5. The van der Waals surface area contributed by atoms with E-state index < -0.39 is 17.7 Å². The van der Waals surface area contributed by atoms with E-state index in [1.807, 2.05) is 38.7 Å². The second-order valence-electron chi connectivity index (χ2n) is 8.12. The Bertz CT molecular complexity index is 976. The number of rotatable bonds is 2. The Balaban J connectivity index is 1.95. The monoisotopic (exact) mass is 482 g/mol. The van der Waals surface area contributed by atoms with Gasteiger partial charge in [-0.1, -0.05) is 11.6 Å². The number of fused-ring (bicyclic) bond motifs is 1. The molecule has 7 nitrogen and oxygen atoms in total. The predicted molar refractivity (Wildman–Crippen MR) is 117 cm³/mol. The van der Waals surface area contributed by atoms with Gasteiger partial charge >= 0.3 is 6.09 Å². The highest BCUT2D eigenvalue weighted by molar-refractivity contribution is 9.10. The molecule has 0 aliphatic carbocycles. The number of piperazine rings is 1. The lowest BCUT2D eigenvalue weighted by atomic mass is 10.1. The van der Waals surface area contributed by atoms with E-state index in [0.29, 0.717) is 30.5 Å². The van der Waals surface area contributed by atoms with Crippen LogP contribution in [-0.4, -0.2) is 58.0 Å². The molecule has 1 amide bonds. The number of hydrogen-bond acceptors (Lipinski definition) is 6. The number of aromatic nitrogens is 2. The molecule has 3 rings (SSSR count). The molecule has 156 valence electrons. The molecule has 0 saturated carbocycles. The maximum Gasteiger partial charge on any atom is 0.411 e. The van der Waals surface area contributed by atoms with E-state index in [-0.39, 0.29) is 5.78 Å². The van der Waals surface area contributed by atoms with Crippen molar-refractivity contribution in [3.8, 4) is 0 Å². The molecule has 9 heteroatoms. The van der Waals surface area contributed by atoms with Crippen LogP contribution in [0, 0.1) is 6.92 Å². The molecule has 1 aromatic heterocycles. The molecule has 2 aromatic rings. The topological polar surface area (TPSA) is 75.6 Å². The van der Waals surface area contributed by atoms with Gasteiger partial charge in [-0.25, -0.2) is 14.8 Å². The van der Waals surface area contributed by atoms with Crippen LogP contribution in [0.25, 0.3) is 10.9 Å². The van der Waals surface area contributed by atoms with Gasteiger partial charge in [0.25, 0.3) is 0 Å². The summed E-state index contributed by atoms with van der Waals surface area (Å²) in [5, 5.41) is 1.40. The van der Waals surface area contributed by atoms with Gasteiger partial charge in [-0.3, -0.25) is 9.69 Å². The summed E-state index contributed by atoms with van der Waals surface area (Å²) in [7, 11) is 0. The molecule has 1 saturated heterocycles. The lowest BCUT2D eigenvalue weighted by molar-refractivity contribution is -0.122. The van der Waals surface area contributed by atoms with Gasteiger partial charge in [0.05, 0.1) is 10.5 Å². The Morgan fingerprint density at radius 2 is 1.93 bits per heavy atom. The number of hydrogen-bond donors (Lipinski definition) is 0. The van der Waals surface area contributed by atoms with Gasteiger partial charge in [-0.15, -0.1) is 0 Å². The van der Waals surface area contributed by atoms with Crippen LogP contribution in [0.1, 0.15) is 33.5 Å². The number of anilines is 1. The van der Waals surface area contributed by atoms with Crippen molar-refractivity contribution in [1.29, 1.82) is 0 Å². The maximum absolute atomic E-state index is 12.6. The molecule has 1 aromatic carbocycles. The van der Waals surface area contributed by atoms with Crippen LogP contribution in [0.3, 0.4) is 0 Å². The average Bonchev–Trinajstić information content (AvgIpc) is 2.60. The lowest BCUT2D eigenvalue weighted by Gasteiger charge is -2.41. The molecule has 0 spiro atoms. The molecular formula is C20H24BrClN4O3. The van der Waals surface area contributed by atoms with Crippen LogP contribution in [0.5, 0.6) is 0 Å². The summed E-state index contributed by atoms with van der Waals surface area (Å²) in [6, 6.07) is 3.06. The molecule has 1 atom stereocenters. The first-order valence-electron chi connectivity index (χ1n) is 9.34. The Morgan fingerprint density at radius 1 is 1.24 bits per heavy atom. The molecule has 0 radical (unpaired) electrons. The number of ketones is 1. The molecule has 29 heavy (non-hydrogen) atoms. The van der Waals surface area contributed by atoms with Crippen molar-refractivity contribution in [2.24, 2.45) is 0 Å². The third-order valence-corrected chi connectivity index (χ3v) is 5.80. The van der Waals surface area contributed by atoms with Gasteiger partial charge in [-0.2, -0.15) is 0 Å². The van der Waals surface area contributed by atoms with Crippen LogP contribution in [0.4, 0.5) is 10.6 Å². The molecule has 2 heterocycles. The number of amides is 1. The normalized spacial score (nSPS) is 17.6. The molecule has 0 N–H and O–H groups in total. The number of aryl methyl sites for hydroxylation is 1. The number of Topliss-reactive ketones (excluding diaryl/α,β-unsaturated/α-hetero) is 1. The van der Waals surface area contributed by atoms with Crippen LogP contribution < -0.4 is 4.90 Å². The van der Waals surface area contributed by atoms with Crippen molar-refractivity contribution in [3.63, 3.8) is 0 Å². The highest BCUT2D eigenvalue weighted by Crippen LogP contribution is 2.33. The van der Waals surface area contributed by atoms with Crippen molar-refractivity contribution in [2.45, 2.75) is 46.3 Å². The first kappa shape index (κ1) is 21.8. The smallest absolute Gasteiger partial charge is 0.411 e. The second kappa shape index (κ2) is 8.07. The average molecular weight is 484 g/mol. The third-order valence-electron chi connectivity index (χ3n) is 4.61. The Labute approximate surface area is 183 Å². The van der Waals surface area contributed by atoms with Crippen molar-refractivity contribution < 1.29 is 14.3 Å². The number of ether oxygens (including phenoxy) is 1. The van der Waals surface area contributed by atoms with E-state index in [9.17, 15) is 9.59 Å². The predicted octanol–water partition coefficient (Wildman–Crippen LogP) is 4.37. The van der Waals surface area contributed by atoms with Gasteiger partial charge in [0.15, 0.2) is 5.78 Å². The van der Waals surface area contributed by atoms with Gasteiger partial charge in [0.2, 0.25) is 0 Å². The number of carbonyl (C=O) groups is 2.